The summed E-state index contributed by atoms with van der Waals surface area (Å²) in [4.78, 5) is 15.4. The van der Waals surface area contributed by atoms with Gasteiger partial charge in [-0.15, -0.1) is 0 Å². The smallest absolute Gasteiger partial charge is 0.264 e. The van der Waals surface area contributed by atoms with Crippen molar-refractivity contribution in [3.63, 3.8) is 0 Å². The molecule has 1 aliphatic rings. The molecule has 0 aliphatic carbocycles. The minimum Gasteiger partial charge on any atom is -0.350 e. The number of hydrogen-bond acceptors (Lipinski definition) is 4. The monoisotopic (exact) mass is 497 g/mol. The van der Waals surface area contributed by atoms with Crippen LogP contribution in [0.1, 0.15) is 24.0 Å². The number of carbonyl (C=O) groups excluding carboxylic acids is 1. The van der Waals surface area contributed by atoms with Crippen LogP contribution >= 0.6 is 11.6 Å². The van der Waals surface area contributed by atoms with Crippen molar-refractivity contribution in [2.75, 3.05) is 23.9 Å². The SMILES string of the molecule is O=C(CN(c1ccccc1Cl)S(=O)(=O)c1ccccc1)NCc1ccc(CN2CCCC2)cc1. The van der Waals surface area contributed by atoms with Crippen molar-refractivity contribution >= 4 is 33.2 Å². The molecule has 3 aromatic carbocycles. The van der Waals surface area contributed by atoms with E-state index in [1.807, 2.05) is 12.1 Å². The molecule has 1 aliphatic heterocycles. The quantitative estimate of drug-likeness (QED) is 0.474. The second kappa shape index (κ2) is 11.0. The van der Waals surface area contributed by atoms with E-state index in [9.17, 15) is 13.2 Å². The minimum absolute atomic E-state index is 0.0938. The summed E-state index contributed by atoms with van der Waals surface area (Å²) >= 11 is 6.30. The topological polar surface area (TPSA) is 69.7 Å². The van der Waals surface area contributed by atoms with Crippen LogP contribution in [0, 0.1) is 0 Å². The average molecular weight is 498 g/mol. The van der Waals surface area contributed by atoms with Gasteiger partial charge in [0, 0.05) is 13.1 Å². The molecule has 0 bridgehead atoms. The highest BCUT2D eigenvalue weighted by molar-refractivity contribution is 7.92. The van der Waals surface area contributed by atoms with Crippen molar-refractivity contribution in [1.82, 2.24) is 10.2 Å². The van der Waals surface area contributed by atoms with Crippen LogP contribution < -0.4 is 9.62 Å². The molecule has 8 heteroatoms. The number of halogens is 1. The molecule has 1 saturated heterocycles. The van der Waals surface area contributed by atoms with Gasteiger partial charge in [-0.05, 0) is 61.3 Å². The number of rotatable bonds is 9. The molecule has 3 aromatic rings. The molecule has 34 heavy (non-hydrogen) atoms. The lowest BCUT2D eigenvalue weighted by Crippen LogP contribution is -2.40. The first-order chi connectivity index (χ1) is 16.4. The predicted octanol–water partition coefficient (Wildman–Crippen LogP) is 4.45. The van der Waals surface area contributed by atoms with Crippen LogP contribution in [-0.4, -0.2) is 38.9 Å². The normalized spacial score (nSPS) is 14.1. The first-order valence-electron chi connectivity index (χ1n) is 11.3. The van der Waals surface area contributed by atoms with Crippen molar-refractivity contribution in [3.8, 4) is 0 Å². The van der Waals surface area contributed by atoms with Gasteiger partial charge in [-0.25, -0.2) is 8.42 Å². The second-order valence-electron chi connectivity index (χ2n) is 8.35. The fourth-order valence-corrected chi connectivity index (χ4v) is 5.77. The lowest BCUT2D eigenvalue weighted by Gasteiger charge is -2.25. The Balaban J connectivity index is 1.44. The molecule has 0 radical (unpaired) electrons. The Hall–Kier alpha value is -2.87. The number of nitrogens with one attached hydrogen (secondary N) is 1. The summed E-state index contributed by atoms with van der Waals surface area (Å²) in [5.74, 6) is -0.416. The fraction of sp³-hybridized carbons (Fsp3) is 0.269. The van der Waals surface area contributed by atoms with Gasteiger partial charge in [-0.1, -0.05) is 66.2 Å². The van der Waals surface area contributed by atoms with E-state index in [4.69, 9.17) is 11.6 Å². The zero-order valence-electron chi connectivity index (χ0n) is 18.9. The van der Waals surface area contributed by atoms with E-state index in [-0.39, 0.29) is 22.2 Å². The maximum atomic E-state index is 13.4. The molecule has 0 unspecified atom stereocenters. The molecule has 1 fully saturated rings. The Labute approximate surface area is 206 Å². The number of nitrogens with zero attached hydrogens (tertiary/aromatic N) is 2. The minimum atomic E-state index is -3.99. The Morgan fingerprint density at radius 3 is 2.18 bits per heavy atom. The van der Waals surface area contributed by atoms with Crippen LogP contribution in [0.2, 0.25) is 5.02 Å². The van der Waals surface area contributed by atoms with E-state index < -0.39 is 15.9 Å². The van der Waals surface area contributed by atoms with Gasteiger partial charge in [0.05, 0.1) is 15.6 Å². The van der Waals surface area contributed by atoms with Gasteiger partial charge in [-0.2, -0.15) is 0 Å². The van der Waals surface area contributed by atoms with Crippen molar-refractivity contribution in [2.24, 2.45) is 0 Å². The highest BCUT2D eigenvalue weighted by Crippen LogP contribution is 2.30. The fourth-order valence-electron chi connectivity index (χ4n) is 4.02. The summed E-state index contributed by atoms with van der Waals surface area (Å²) in [6.45, 7) is 3.16. The van der Waals surface area contributed by atoms with Gasteiger partial charge in [0.2, 0.25) is 5.91 Å². The summed E-state index contributed by atoms with van der Waals surface area (Å²) < 4.78 is 27.8. The largest absolute Gasteiger partial charge is 0.350 e. The summed E-state index contributed by atoms with van der Waals surface area (Å²) in [6.07, 6.45) is 2.52. The summed E-state index contributed by atoms with van der Waals surface area (Å²) in [5, 5.41) is 3.09. The predicted molar refractivity (Wildman–Crippen MR) is 135 cm³/mol. The molecule has 0 spiro atoms. The van der Waals surface area contributed by atoms with Crippen LogP contribution in [0.3, 0.4) is 0 Å². The highest BCUT2D eigenvalue weighted by Gasteiger charge is 2.28. The van der Waals surface area contributed by atoms with Crippen LogP contribution in [0.25, 0.3) is 0 Å². The standard InChI is InChI=1S/C26H28ClN3O3S/c27-24-10-4-5-11-25(24)30(34(32,33)23-8-2-1-3-9-23)20-26(31)28-18-21-12-14-22(15-13-21)19-29-16-6-7-17-29/h1-5,8-15H,6-7,16-20H2,(H,28,31). The molecular weight excluding hydrogens is 470 g/mol. The molecular formula is C26H28ClN3O3S. The van der Waals surface area contributed by atoms with Crippen molar-refractivity contribution < 1.29 is 13.2 Å². The number of amides is 1. The Kier molecular flexibility index (Phi) is 7.88. The van der Waals surface area contributed by atoms with E-state index in [2.05, 4.69) is 22.3 Å². The number of sulfonamides is 1. The molecule has 0 aromatic heterocycles. The third kappa shape index (κ3) is 5.97. The second-order valence-corrected chi connectivity index (χ2v) is 10.6. The molecule has 1 amide bonds. The number of carbonyl (C=O) groups is 1. The van der Waals surface area contributed by atoms with E-state index >= 15 is 0 Å². The maximum Gasteiger partial charge on any atom is 0.264 e. The van der Waals surface area contributed by atoms with E-state index in [0.29, 0.717) is 6.54 Å². The first kappa shape index (κ1) is 24.3. The Morgan fingerprint density at radius 2 is 1.50 bits per heavy atom. The molecule has 0 saturated carbocycles. The van der Waals surface area contributed by atoms with Gasteiger partial charge in [-0.3, -0.25) is 14.0 Å². The lowest BCUT2D eigenvalue weighted by molar-refractivity contribution is -0.119. The van der Waals surface area contributed by atoms with E-state index in [1.54, 1.807) is 42.5 Å². The zero-order valence-corrected chi connectivity index (χ0v) is 20.4. The summed E-state index contributed by atoms with van der Waals surface area (Å²) in [7, 11) is -3.99. The Morgan fingerprint density at radius 1 is 0.882 bits per heavy atom. The van der Waals surface area contributed by atoms with Gasteiger partial charge in [0.25, 0.3) is 10.0 Å². The number of para-hydroxylation sites is 1. The number of anilines is 1. The molecule has 0 atom stereocenters. The first-order valence-corrected chi connectivity index (χ1v) is 13.1. The Bertz CT molecular complexity index is 1210. The van der Waals surface area contributed by atoms with Crippen molar-refractivity contribution in [3.05, 3.63) is 95.0 Å². The van der Waals surface area contributed by atoms with E-state index in [0.717, 1.165) is 29.5 Å². The number of hydrogen-bond donors (Lipinski definition) is 1. The third-order valence-corrected chi connectivity index (χ3v) is 7.95. The van der Waals surface area contributed by atoms with Gasteiger partial charge < -0.3 is 5.32 Å². The van der Waals surface area contributed by atoms with Crippen LogP contribution in [0.15, 0.2) is 83.8 Å². The van der Waals surface area contributed by atoms with Crippen LogP contribution in [0.4, 0.5) is 5.69 Å². The zero-order chi connectivity index (χ0) is 24.0. The number of likely N-dealkylation sites (tertiary alicyclic amines) is 1. The van der Waals surface area contributed by atoms with E-state index in [1.165, 1.54) is 30.5 Å². The molecule has 1 N–H and O–H groups in total. The van der Waals surface area contributed by atoms with Gasteiger partial charge in [0.15, 0.2) is 0 Å². The van der Waals surface area contributed by atoms with Crippen molar-refractivity contribution in [1.29, 1.82) is 0 Å². The molecule has 6 nitrogen and oxygen atoms in total. The average Bonchev–Trinajstić information content (AvgIpc) is 3.36. The van der Waals surface area contributed by atoms with Gasteiger partial charge >= 0.3 is 0 Å². The number of benzene rings is 3. The molecule has 178 valence electrons. The third-order valence-electron chi connectivity index (χ3n) is 5.86. The summed E-state index contributed by atoms with van der Waals surface area (Å²) in [6, 6.07) is 22.8. The van der Waals surface area contributed by atoms with Crippen LogP contribution in [0.5, 0.6) is 0 Å². The molecule has 1 heterocycles. The van der Waals surface area contributed by atoms with Gasteiger partial charge in [0.1, 0.15) is 6.54 Å². The highest BCUT2D eigenvalue weighted by atomic mass is 35.5. The molecule has 4 rings (SSSR count). The lowest BCUT2D eigenvalue weighted by atomic mass is 10.1. The maximum absolute atomic E-state index is 13.4. The summed E-state index contributed by atoms with van der Waals surface area (Å²) in [5.41, 5.74) is 2.46. The van der Waals surface area contributed by atoms with Crippen LogP contribution in [-0.2, 0) is 27.9 Å². The van der Waals surface area contributed by atoms with Crippen molar-refractivity contribution in [2.45, 2.75) is 30.8 Å².